The number of nitrogen functional groups attached to an aromatic ring is 1. The zero-order valence-electron chi connectivity index (χ0n) is 7.42. The third-order valence-corrected chi connectivity index (χ3v) is 2.86. The lowest BCUT2D eigenvalue weighted by atomic mass is 10.0. The SMILES string of the molecule is C=C(N)c1scc(C(C)C)c1N. The summed E-state index contributed by atoms with van der Waals surface area (Å²) in [4.78, 5) is 0.915. The van der Waals surface area contributed by atoms with Crippen molar-refractivity contribution in [1.82, 2.24) is 0 Å². The van der Waals surface area contributed by atoms with Crippen molar-refractivity contribution < 1.29 is 0 Å². The standard InChI is InChI=1S/C9H14N2S/c1-5(2)7-4-12-9(6(3)10)8(7)11/h4-5H,3,10-11H2,1-2H3. The van der Waals surface area contributed by atoms with Gasteiger partial charge in [0.05, 0.1) is 10.6 Å². The normalized spacial score (nSPS) is 10.6. The van der Waals surface area contributed by atoms with Gasteiger partial charge in [-0.3, -0.25) is 0 Å². The Labute approximate surface area is 76.9 Å². The van der Waals surface area contributed by atoms with E-state index in [-0.39, 0.29) is 0 Å². The molecule has 0 radical (unpaired) electrons. The molecule has 12 heavy (non-hydrogen) atoms. The predicted octanol–water partition coefficient (Wildman–Crippen LogP) is 2.38. The maximum atomic E-state index is 5.87. The predicted molar refractivity (Wildman–Crippen MR) is 56.0 cm³/mol. The Morgan fingerprint density at radius 3 is 2.42 bits per heavy atom. The van der Waals surface area contributed by atoms with Crippen molar-refractivity contribution >= 4 is 22.7 Å². The highest BCUT2D eigenvalue weighted by atomic mass is 32.1. The van der Waals surface area contributed by atoms with Crippen molar-refractivity contribution in [3.63, 3.8) is 0 Å². The highest BCUT2D eigenvalue weighted by Crippen LogP contribution is 2.33. The van der Waals surface area contributed by atoms with E-state index in [1.54, 1.807) is 11.3 Å². The van der Waals surface area contributed by atoms with Crippen molar-refractivity contribution in [2.75, 3.05) is 5.73 Å². The molecule has 1 aromatic rings. The molecule has 0 atom stereocenters. The van der Waals surface area contributed by atoms with Gasteiger partial charge in [-0.15, -0.1) is 11.3 Å². The first kappa shape index (κ1) is 9.13. The molecule has 1 heterocycles. The quantitative estimate of drug-likeness (QED) is 0.737. The summed E-state index contributed by atoms with van der Waals surface area (Å²) >= 11 is 1.56. The van der Waals surface area contributed by atoms with Gasteiger partial charge in [0.2, 0.25) is 0 Å². The summed E-state index contributed by atoms with van der Waals surface area (Å²) in [5.41, 5.74) is 14.0. The van der Waals surface area contributed by atoms with Gasteiger partial charge in [0.25, 0.3) is 0 Å². The van der Waals surface area contributed by atoms with Crippen molar-refractivity contribution in [3.8, 4) is 0 Å². The molecular formula is C9H14N2S. The van der Waals surface area contributed by atoms with Gasteiger partial charge < -0.3 is 11.5 Å². The summed E-state index contributed by atoms with van der Waals surface area (Å²) in [5.74, 6) is 0.453. The smallest absolute Gasteiger partial charge is 0.0726 e. The molecular weight excluding hydrogens is 168 g/mol. The monoisotopic (exact) mass is 182 g/mol. The summed E-state index contributed by atoms with van der Waals surface area (Å²) in [7, 11) is 0. The molecule has 1 rings (SSSR count). The molecule has 0 unspecified atom stereocenters. The van der Waals surface area contributed by atoms with E-state index < -0.39 is 0 Å². The molecule has 4 N–H and O–H groups in total. The average Bonchev–Trinajstić information content (AvgIpc) is 2.30. The molecule has 0 aliphatic carbocycles. The van der Waals surface area contributed by atoms with Crippen LogP contribution in [-0.4, -0.2) is 0 Å². The van der Waals surface area contributed by atoms with Crippen LogP contribution >= 0.6 is 11.3 Å². The van der Waals surface area contributed by atoms with Crippen molar-refractivity contribution in [1.29, 1.82) is 0 Å². The van der Waals surface area contributed by atoms with E-state index in [1.807, 2.05) is 5.38 Å². The molecule has 0 saturated heterocycles. The van der Waals surface area contributed by atoms with Gasteiger partial charge >= 0.3 is 0 Å². The van der Waals surface area contributed by atoms with Crippen LogP contribution in [0.25, 0.3) is 5.70 Å². The van der Waals surface area contributed by atoms with Crippen LogP contribution in [-0.2, 0) is 0 Å². The average molecular weight is 182 g/mol. The van der Waals surface area contributed by atoms with Crippen LogP contribution < -0.4 is 11.5 Å². The molecule has 0 aliphatic heterocycles. The zero-order valence-corrected chi connectivity index (χ0v) is 8.24. The van der Waals surface area contributed by atoms with Crippen LogP contribution in [0.15, 0.2) is 12.0 Å². The van der Waals surface area contributed by atoms with Crippen LogP contribution in [0.1, 0.15) is 30.2 Å². The molecule has 0 fully saturated rings. The van der Waals surface area contributed by atoms with Gasteiger partial charge in [0, 0.05) is 5.70 Å². The second-order valence-corrected chi connectivity index (χ2v) is 3.99. The van der Waals surface area contributed by atoms with E-state index in [0.717, 1.165) is 10.6 Å². The van der Waals surface area contributed by atoms with Gasteiger partial charge in [0.15, 0.2) is 0 Å². The number of hydrogen-bond acceptors (Lipinski definition) is 3. The Hall–Kier alpha value is -0.960. The Bertz CT molecular complexity index is 299. The van der Waals surface area contributed by atoms with Gasteiger partial charge in [-0.1, -0.05) is 20.4 Å². The molecule has 0 amide bonds. The number of anilines is 1. The number of nitrogens with two attached hydrogens (primary N) is 2. The Balaban J connectivity index is 3.13. The van der Waals surface area contributed by atoms with Crippen LogP contribution in [0.5, 0.6) is 0 Å². The fourth-order valence-electron chi connectivity index (χ4n) is 1.08. The minimum atomic E-state index is 0.453. The molecule has 3 heteroatoms. The maximum Gasteiger partial charge on any atom is 0.0726 e. The Morgan fingerprint density at radius 2 is 2.17 bits per heavy atom. The molecule has 0 aliphatic rings. The summed E-state index contributed by atoms with van der Waals surface area (Å²) < 4.78 is 0. The van der Waals surface area contributed by atoms with Gasteiger partial charge in [-0.2, -0.15) is 0 Å². The highest BCUT2D eigenvalue weighted by Gasteiger charge is 2.11. The third-order valence-electron chi connectivity index (χ3n) is 1.77. The minimum Gasteiger partial charge on any atom is -0.398 e. The van der Waals surface area contributed by atoms with Gasteiger partial charge in [-0.05, 0) is 16.9 Å². The number of hydrogen-bond donors (Lipinski definition) is 2. The summed E-state index contributed by atoms with van der Waals surface area (Å²) in [5, 5.41) is 2.05. The number of rotatable bonds is 2. The van der Waals surface area contributed by atoms with Crippen LogP contribution in [0.2, 0.25) is 0 Å². The molecule has 0 bridgehead atoms. The highest BCUT2D eigenvalue weighted by molar-refractivity contribution is 7.11. The van der Waals surface area contributed by atoms with E-state index in [4.69, 9.17) is 11.5 Å². The summed E-state index contributed by atoms with van der Waals surface area (Å²) in [6, 6.07) is 0. The molecule has 0 aromatic carbocycles. The first-order chi connectivity index (χ1) is 5.54. The Morgan fingerprint density at radius 1 is 1.58 bits per heavy atom. The molecule has 0 saturated carbocycles. The minimum absolute atomic E-state index is 0.453. The van der Waals surface area contributed by atoms with E-state index in [9.17, 15) is 0 Å². The summed E-state index contributed by atoms with van der Waals surface area (Å²) in [6.07, 6.45) is 0. The van der Waals surface area contributed by atoms with Gasteiger partial charge in [-0.25, -0.2) is 0 Å². The molecule has 66 valence electrons. The molecule has 0 spiro atoms. The molecule has 1 aromatic heterocycles. The maximum absolute atomic E-state index is 5.87. The molecule has 2 nitrogen and oxygen atoms in total. The fourth-order valence-corrected chi connectivity index (χ4v) is 2.12. The first-order valence-electron chi connectivity index (χ1n) is 3.85. The third kappa shape index (κ3) is 1.46. The lowest BCUT2D eigenvalue weighted by Crippen LogP contribution is -1.98. The van der Waals surface area contributed by atoms with E-state index >= 15 is 0 Å². The zero-order chi connectivity index (χ0) is 9.30. The lowest BCUT2D eigenvalue weighted by molar-refractivity contribution is 0.875. The second kappa shape index (κ2) is 3.19. The second-order valence-electron chi connectivity index (χ2n) is 3.11. The topological polar surface area (TPSA) is 52.0 Å². The lowest BCUT2D eigenvalue weighted by Gasteiger charge is -2.04. The van der Waals surface area contributed by atoms with Crippen LogP contribution in [0.3, 0.4) is 0 Å². The Kier molecular flexibility index (Phi) is 2.43. The first-order valence-corrected chi connectivity index (χ1v) is 4.73. The van der Waals surface area contributed by atoms with Crippen molar-refractivity contribution in [2.45, 2.75) is 19.8 Å². The van der Waals surface area contributed by atoms with Crippen LogP contribution in [0.4, 0.5) is 5.69 Å². The van der Waals surface area contributed by atoms with E-state index in [0.29, 0.717) is 11.6 Å². The van der Waals surface area contributed by atoms with E-state index in [1.165, 1.54) is 5.56 Å². The van der Waals surface area contributed by atoms with E-state index in [2.05, 4.69) is 20.4 Å². The summed E-state index contributed by atoms with van der Waals surface area (Å²) in [6.45, 7) is 7.89. The van der Waals surface area contributed by atoms with Gasteiger partial charge in [0.1, 0.15) is 0 Å². The van der Waals surface area contributed by atoms with Crippen molar-refractivity contribution in [2.24, 2.45) is 5.73 Å². The fraction of sp³-hybridized carbons (Fsp3) is 0.333. The van der Waals surface area contributed by atoms with Crippen LogP contribution in [0, 0.1) is 0 Å². The van der Waals surface area contributed by atoms with Crippen molar-refractivity contribution in [3.05, 3.63) is 22.4 Å². The largest absolute Gasteiger partial charge is 0.398 e. The number of thiophene rings is 1.